The molecular weight excluding hydrogens is 428 g/mol. The molecule has 33 heavy (non-hydrogen) atoms. The van der Waals surface area contributed by atoms with Crippen molar-refractivity contribution in [2.75, 3.05) is 5.32 Å². The number of rotatable bonds is 5. The first-order chi connectivity index (χ1) is 15.4. The fourth-order valence-corrected chi connectivity index (χ4v) is 4.30. The van der Waals surface area contributed by atoms with E-state index in [0.717, 1.165) is 11.3 Å². The molecule has 2 aromatic heterocycles. The van der Waals surface area contributed by atoms with E-state index in [2.05, 4.69) is 25.8 Å². The molecule has 1 aromatic carbocycles. The van der Waals surface area contributed by atoms with Crippen LogP contribution in [0.25, 0.3) is 11.4 Å². The SMILES string of the molecule is Cn1nnc(-c2ccc([C@@H](C(=O)Nc3cc(C(C)(C)C)nn3C)[C@H]3CCC(F)(F)C3)cc2)n1. The molecule has 1 fully saturated rings. The minimum atomic E-state index is -2.75. The average molecular weight is 458 g/mol. The van der Waals surface area contributed by atoms with Gasteiger partial charge in [0.1, 0.15) is 5.82 Å². The van der Waals surface area contributed by atoms with E-state index in [9.17, 15) is 13.6 Å². The van der Waals surface area contributed by atoms with Crippen molar-refractivity contribution in [2.45, 2.75) is 57.3 Å². The maximum absolute atomic E-state index is 14.1. The lowest BCUT2D eigenvalue weighted by molar-refractivity contribution is -0.119. The molecule has 2 atom stereocenters. The van der Waals surface area contributed by atoms with E-state index in [1.54, 1.807) is 43.0 Å². The van der Waals surface area contributed by atoms with E-state index >= 15 is 0 Å². The molecule has 8 nitrogen and oxygen atoms in total. The summed E-state index contributed by atoms with van der Waals surface area (Å²) in [4.78, 5) is 14.8. The fraction of sp³-hybridized carbons (Fsp3) is 0.522. The van der Waals surface area contributed by atoms with E-state index < -0.39 is 17.8 Å². The fourth-order valence-electron chi connectivity index (χ4n) is 4.30. The van der Waals surface area contributed by atoms with Crippen molar-refractivity contribution in [3.8, 4) is 11.4 Å². The van der Waals surface area contributed by atoms with Crippen LogP contribution in [0.3, 0.4) is 0 Å². The van der Waals surface area contributed by atoms with Gasteiger partial charge < -0.3 is 5.32 Å². The Hall–Kier alpha value is -3.17. The first kappa shape index (κ1) is 23.0. The lowest BCUT2D eigenvalue weighted by Crippen LogP contribution is -2.28. The number of aromatic nitrogens is 6. The van der Waals surface area contributed by atoms with Crippen molar-refractivity contribution in [1.82, 2.24) is 30.0 Å². The van der Waals surface area contributed by atoms with Crippen LogP contribution in [0.5, 0.6) is 0 Å². The summed E-state index contributed by atoms with van der Waals surface area (Å²) in [6.07, 6.45) is -0.225. The van der Waals surface area contributed by atoms with Crippen molar-refractivity contribution < 1.29 is 13.6 Å². The molecular formula is C23H29F2N7O. The zero-order valence-electron chi connectivity index (χ0n) is 19.5. The van der Waals surface area contributed by atoms with Gasteiger partial charge in [-0.1, -0.05) is 45.0 Å². The van der Waals surface area contributed by atoms with Gasteiger partial charge in [0.05, 0.1) is 18.7 Å². The van der Waals surface area contributed by atoms with Gasteiger partial charge in [-0.3, -0.25) is 9.48 Å². The van der Waals surface area contributed by atoms with Gasteiger partial charge in [-0.25, -0.2) is 8.78 Å². The standard InChI is InChI=1S/C23H29F2N7O/c1-22(2,3)17-12-18(31(4)28-17)26-21(33)19(16-10-11-23(24,25)13-16)14-6-8-15(9-7-14)20-27-30-32(5)29-20/h6-9,12,16,19H,10-11,13H2,1-5H3,(H,26,33)/t16-,19+/m0/s1. The summed E-state index contributed by atoms with van der Waals surface area (Å²) in [5.74, 6) is -3.24. The van der Waals surface area contributed by atoms with Crippen molar-refractivity contribution >= 4 is 11.7 Å². The molecule has 1 N–H and O–H groups in total. The van der Waals surface area contributed by atoms with Crippen LogP contribution in [-0.4, -0.2) is 41.8 Å². The van der Waals surface area contributed by atoms with Gasteiger partial charge in [-0.15, -0.1) is 10.2 Å². The molecule has 176 valence electrons. The zero-order chi connectivity index (χ0) is 24.0. The number of carbonyl (C=O) groups excluding carboxylic acids is 1. The van der Waals surface area contributed by atoms with Gasteiger partial charge in [0, 0.05) is 36.9 Å². The monoisotopic (exact) mass is 457 g/mol. The Labute approximate surface area is 191 Å². The molecule has 10 heteroatoms. The molecule has 1 aliphatic carbocycles. The van der Waals surface area contributed by atoms with Crippen LogP contribution in [-0.2, 0) is 24.3 Å². The van der Waals surface area contributed by atoms with Gasteiger partial charge in [0.15, 0.2) is 0 Å². The number of benzene rings is 1. The third kappa shape index (κ3) is 4.94. The molecule has 1 amide bonds. The molecule has 3 aromatic rings. The molecule has 1 aliphatic rings. The predicted molar refractivity (Wildman–Crippen MR) is 120 cm³/mol. The van der Waals surface area contributed by atoms with Gasteiger partial charge >= 0.3 is 0 Å². The highest BCUT2D eigenvalue weighted by molar-refractivity contribution is 5.95. The quantitative estimate of drug-likeness (QED) is 0.624. The van der Waals surface area contributed by atoms with Crippen molar-refractivity contribution in [1.29, 1.82) is 0 Å². The molecule has 0 bridgehead atoms. The zero-order valence-corrected chi connectivity index (χ0v) is 19.5. The molecule has 0 unspecified atom stereocenters. The van der Waals surface area contributed by atoms with Crippen LogP contribution in [0, 0.1) is 5.92 Å². The first-order valence-electron chi connectivity index (χ1n) is 11.0. The molecule has 2 heterocycles. The van der Waals surface area contributed by atoms with Crippen LogP contribution in [0.15, 0.2) is 30.3 Å². The number of anilines is 1. The topological polar surface area (TPSA) is 90.5 Å². The number of amides is 1. The smallest absolute Gasteiger partial charge is 0.248 e. The van der Waals surface area contributed by atoms with Crippen molar-refractivity contribution in [3.05, 3.63) is 41.6 Å². The number of halogens is 2. The highest BCUT2D eigenvalue weighted by Crippen LogP contribution is 2.46. The number of alkyl halides is 2. The number of hydrogen-bond donors (Lipinski definition) is 1. The second kappa shape index (κ2) is 8.31. The lowest BCUT2D eigenvalue weighted by Gasteiger charge is -2.23. The first-order valence-corrected chi connectivity index (χ1v) is 11.0. The summed E-state index contributed by atoms with van der Waals surface area (Å²) in [5.41, 5.74) is 2.08. The van der Waals surface area contributed by atoms with Gasteiger partial charge in [0.25, 0.3) is 0 Å². The number of hydrogen-bond acceptors (Lipinski definition) is 5. The number of tetrazole rings is 1. The van der Waals surface area contributed by atoms with Crippen LogP contribution < -0.4 is 5.32 Å². The maximum Gasteiger partial charge on any atom is 0.248 e. The summed E-state index contributed by atoms with van der Waals surface area (Å²) < 4.78 is 29.8. The molecule has 1 saturated carbocycles. The van der Waals surface area contributed by atoms with Crippen LogP contribution in [0.2, 0.25) is 0 Å². The van der Waals surface area contributed by atoms with E-state index in [4.69, 9.17) is 0 Å². The Morgan fingerprint density at radius 3 is 2.39 bits per heavy atom. The van der Waals surface area contributed by atoms with Crippen molar-refractivity contribution in [2.24, 2.45) is 20.0 Å². The van der Waals surface area contributed by atoms with Crippen molar-refractivity contribution in [3.63, 3.8) is 0 Å². The van der Waals surface area contributed by atoms with Crippen LogP contribution in [0.1, 0.15) is 57.2 Å². The Morgan fingerprint density at radius 2 is 1.88 bits per heavy atom. The van der Waals surface area contributed by atoms with Gasteiger partial charge in [-0.05, 0) is 23.1 Å². The summed E-state index contributed by atoms with van der Waals surface area (Å²) in [5, 5.41) is 19.4. The highest BCUT2D eigenvalue weighted by atomic mass is 19.3. The second-order valence-corrected chi connectivity index (χ2v) is 9.84. The molecule has 0 radical (unpaired) electrons. The van der Waals surface area contributed by atoms with E-state index in [0.29, 0.717) is 17.2 Å². The normalized spacial score (nSPS) is 18.9. The Morgan fingerprint density at radius 1 is 1.18 bits per heavy atom. The minimum Gasteiger partial charge on any atom is -0.310 e. The largest absolute Gasteiger partial charge is 0.310 e. The number of nitrogens with one attached hydrogen (secondary N) is 1. The number of carbonyl (C=O) groups is 1. The summed E-state index contributed by atoms with van der Waals surface area (Å²) >= 11 is 0. The maximum atomic E-state index is 14.1. The Bertz CT molecular complexity index is 1140. The van der Waals surface area contributed by atoms with E-state index in [-0.39, 0.29) is 30.6 Å². The minimum absolute atomic E-state index is 0.183. The number of nitrogens with zero attached hydrogens (tertiary/aromatic N) is 6. The predicted octanol–water partition coefficient (Wildman–Crippen LogP) is 4.07. The highest BCUT2D eigenvalue weighted by Gasteiger charge is 2.45. The molecule has 0 aliphatic heterocycles. The van der Waals surface area contributed by atoms with Gasteiger partial charge in [0.2, 0.25) is 17.7 Å². The van der Waals surface area contributed by atoms with Crippen LogP contribution in [0.4, 0.5) is 14.6 Å². The average Bonchev–Trinajstić information content (AvgIpc) is 3.42. The molecule has 0 saturated heterocycles. The third-order valence-electron chi connectivity index (χ3n) is 6.13. The van der Waals surface area contributed by atoms with E-state index in [1.165, 1.54) is 4.80 Å². The molecule has 4 rings (SSSR count). The van der Waals surface area contributed by atoms with Gasteiger partial charge in [-0.2, -0.15) is 9.90 Å². The Balaban J connectivity index is 1.63. The third-order valence-corrected chi connectivity index (χ3v) is 6.13. The lowest BCUT2D eigenvalue weighted by atomic mass is 9.83. The summed E-state index contributed by atoms with van der Waals surface area (Å²) in [6.45, 7) is 6.12. The summed E-state index contributed by atoms with van der Waals surface area (Å²) in [7, 11) is 3.43. The Kier molecular flexibility index (Phi) is 5.79. The van der Waals surface area contributed by atoms with E-state index in [1.807, 2.05) is 26.8 Å². The molecule has 0 spiro atoms. The second-order valence-electron chi connectivity index (χ2n) is 9.84. The number of aryl methyl sites for hydroxylation is 2. The van der Waals surface area contributed by atoms with Crippen LogP contribution >= 0.6 is 0 Å². The summed E-state index contributed by atoms with van der Waals surface area (Å²) in [6, 6.07) is 9.00.